The molecule has 0 fully saturated rings. The lowest BCUT2D eigenvalue weighted by molar-refractivity contribution is 0.627. The molecule has 0 bridgehead atoms. The Bertz CT molecular complexity index is 655. The van der Waals surface area contributed by atoms with Gasteiger partial charge in [-0.05, 0) is 76.8 Å². The van der Waals surface area contributed by atoms with E-state index in [0.717, 1.165) is 20.5 Å². The second-order valence-electron chi connectivity index (χ2n) is 5.12. The third-order valence-corrected chi connectivity index (χ3v) is 5.61. The Morgan fingerprint density at radius 1 is 1.05 bits per heavy atom. The maximum absolute atomic E-state index is 6.11. The predicted octanol–water partition coefficient (Wildman–Crippen LogP) is 6.18. The number of hydrogen-bond donors (Lipinski definition) is 1. The van der Waals surface area contributed by atoms with Crippen molar-refractivity contribution < 1.29 is 0 Å². The van der Waals surface area contributed by atoms with Crippen LogP contribution >= 0.6 is 43.5 Å². The number of nitrogens with one attached hydrogen (secondary N) is 1. The van der Waals surface area contributed by atoms with E-state index in [4.69, 9.17) is 11.6 Å². The highest BCUT2D eigenvalue weighted by molar-refractivity contribution is 9.10. The van der Waals surface area contributed by atoms with Gasteiger partial charge in [0, 0.05) is 8.95 Å². The van der Waals surface area contributed by atoms with Crippen molar-refractivity contribution in [2.45, 2.75) is 26.8 Å². The van der Waals surface area contributed by atoms with Crippen molar-refractivity contribution in [2.24, 2.45) is 0 Å². The molecule has 112 valence electrons. The molecule has 0 amide bonds. The highest BCUT2D eigenvalue weighted by Crippen LogP contribution is 2.32. The molecule has 2 aromatic carbocycles. The molecule has 1 N–H and O–H groups in total. The second kappa shape index (κ2) is 7.28. The van der Waals surface area contributed by atoms with Crippen LogP contribution in [0.2, 0.25) is 5.02 Å². The number of halogens is 3. The lowest BCUT2D eigenvalue weighted by Gasteiger charge is -2.22. The van der Waals surface area contributed by atoms with Gasteiger partial charge in [0.1, 0.15) is 0 Å². The Labute approximate surface area is 148 Å². The summed E-state index contributed by atoms with van der Waals surface area (Å²) in [6.45, 7) is 7.29. The fourth-order valence-corrected chi connectivity index (χ4v) is 3.39. The topological polar surface area (TPSA) is 12.0 Å². The minimum atomic E-state index is 0.162. The molecule has 1 nitrogen and oxygen atoms in total. The molecule has 0 aliphatic rings. The van der Waals surface area contributed by atoms with E-state index in [-0.39, 0.29) is 6.04 Å². The third-order valence-electron chi connectivity index (χ3n) is 3.54. The highest BCUT2D eigenvalue weighted by atomic mass is 79.9. The summed E-state index contributed by atoms with van der Waals surface area (Å²) in [5, 5.41) is 4.30. The van der Waals surface area contributed by atoms with Gasteiger partial charge in [-0.3, -0.25) is 0 Å². The molecule has 0 radical (unpaired) electrons. The smallest absolute Gasteiger partial charge is 0.0579 e. The average molecular weight is 432 g/mol. The Balaban J connectivity index is 2.52. The van der Waals surface area contributed by atoms with E-state index in [1.54, 1.807) is 0 Å². The van der Waals surface area contributed by atoms with Gasteiger partial charge in [0.2, 0.25) is 0 Å². The molecule has 2 rings (SSSR count). The summed E-state index contributed by atoms with van der Waals surface area (Å²) in [7, 11) is 0. The van der Waals surface area contributed by atoms with Gasteiger partial charge in [-0.1, -0.05) is 46.6 Å². The van der Waals surface area contributed by atoms with E-state index in [1.165, 1.54) is 22.3 Å². The molecule has 0 aliphatic carbocycles. The lowest BCUT2D eigenvalue weighted by Crippen LogP contribution is -2.23. The molecule has 2 aromatic rings. The van der Waals surface area contributed by atoms with E-state index >= 15 is 0 Å². The van der Waals surface area contributed by atoms with Gasteiger partial charge in [-0.25, -0.2) is 0 Å². The Morgan fingerprint density at radius 3 is 2.38 bits per heavy atom. The van der Waals surface area contributed by atoms with Crippen molar-refractivity contribution in [1.29, 1.82) is 0 Å². The molecule has 1 unspecified atom stereocenters. The van der Waals surface area contributed by atoms with Gasteiger partial charge >= 0.3 is 0 Å². The Morgan fingerprint density at radius 2 is 1.76 bits per heavy atom. The minimum absolute atomic E-state index is 0.162. The summed E-state index contributed by atoms with van der Waals surface area (Å²) < 4.78 is 2.08. The molecule has 0 aliphatic heterocycles. The summed E-state index contributed by atoms with van der Waals surface area (Å²) in [5.74, 6) is 0. The zero-order chi connectivity index (χ0) is 15.6. The van der Waals surface area contributed by atoms with Crippen LogP contribution in [0.5, 0.6) is 0 Å². The first-order chi connectivity index (χ1) is 9.93. The van der Waals surface area contributed by atoms with Crippen LogP contribution in [0, 0.1) is 13.8 Å². The number of benzene rings is 2. The molecule has 4 heteroatoms. The van der Waals surface area contributed by atoms with Crippen molar-refractivity contribution >= 4 is 43.5 Å². The molecular weight excluding hydrogens is 413 g/mol. The summed E-state index contributed by atoms with van der Waals surface area (Å²) in [6.07, 6.45) is 0. The van der Waals surface area contributed by atoms with E-state index < -0.39 is 0 Å². The summed E-state index contributed by atoms with van der Waals surface area (Å²) in [4.78, 5) is 0. The van der Waals surface area contributed by atoms with Crippen molar-refractivity contribution in [3.8, 4) is 0 Å². The maximum atomic E-state index is 6.11. The van der Waals surface area contributed by atoms with Crippen LogP contribution < -0.4 is 5.32 Å². The quantitative estimate of drug-likeness (QED) is 0.609. The first-order valence-corrected chi connectivity index (χ1v) is 8.85. The predicted molar refractivity (Wildman–Crippen MR) is 98.3 cm³/mol. The van der Waals surface area contributed by atoms with Crippen molar-refractivity contribution in [2.75, 3.05) is 6.54 Å². The van der Waals surface area contributed by atoms with Crippen molar-refractivity contribution in [3.63, 3.8) is 0 Å². The average Bonchev–Trinajstić information content (AvgIpc) is 2.44. The fraction of sp³-hybridized carbons (Fsp3) is 0.294. The molecule has 0 heterocycles. The van der Waals surface area contributed by atoms with Crippen LogP contribution in [0.3, 0.4) is 0 Å². The van der Waals surface area contributed by atoms with E-state index in [9.17, 15) is 0 Å². The van der Waals surface area contributed by atoms with Crippen molar-refractivity contribution in [1.82, 2.24) is 5.32 Å². The van der Waals surface area contributed by atoms with E-state index in [0.29, 0.717) is 0 Å². The molecule has 1 atom stereocenters. The molecule has 0 aromatic heterocycles. The van der Waals surface area contributed by atoms with Gasteiger partial charge in [0.15, 0.2) is 0 Å². The van der Waals surface area contributed by atoms with Gasteiger partial charge in [0.25, 0.3) is 0 Å². The number of rotatable bonds is 4. The Kier molecular flexibility index (Phi) is 5.89. The fourth-order valence-electron chi connectivity index (χ4n) is 2.42. The number of hydrogen-bond acceptors (Lipinski definition) is 1. The summed E-state index contributed by atoms with van der Waals surface area (Å²) >= 11 is 13.2. The van der Waals surface area contributed by atoms with E-state index in [1.807, 2.05) is 6.07 Å². The lowest BCUT2D eigenvalue weighted by atomic mass is 9.93. The van der Waals surface area contributed by atoms with Gasteiger partial charge < -0.3 is 5.32 Å². The van der Waals surface area contributed by atoms with Crippen LogP contribution in [-0.2, 0) is 0 Å². The van der Waals surface area contributed by atoms with Crippen LogP contribution in [-0.4, -0.2) is 6.54 Å². The van der Waals surface area contributed by atoms with E-state index in [2.05, 4.69) is 82.2 Å². The molecule has 0 saturated carbocycles. The standard InChI is InChI=1S/C17H18Br2ClN/c1-4-21-17(12-5-6-16(20)15(19)9-12)13-7-11(3)14(18)8-10(13)2/h5-9,17,21H,4H2,1-3H3. The summed E-state index contributed by atoms with van der Waals surface area (Å²) in [5.41, 5.74) is 5.01. The van der Waals surface area contributed by atoms with Gasteiger partial charge in [-0.15, -0.1) is 0 Å². The number of aryl methyl sites for hydroxylation is 2. The zero-order valence-electron chi connectivity index (χ0n) is 12.3. The normalized spacial score (nSPS) is 12.5. The van der Waals surface area contributed by atoms with Crippen LogP contribution in [0.1, 0.15) is 35.2 Å². The molecule has 0 spiro atoms. The largest absolute Gasteiger partial charge is 0.307 e. The third kappa shape index (κ3) is 3.89. The van der Waals surface area contributed by atoms with Crippen molar-refractivity contribution in [3.05, 3.63) is 66.6 Å². The first kappa shape index (κ1) is 17.0. The Hall–Kier alpha value is -0.350. The van der Waals surface area contributed by atoms with Crippen LogP contribution in [0.25, 0.3) is 0 Å². The molecule has 0 saturated heterocycles. The van der Waals surface area contributed by atoms with Crippen LogP contribution in [0.4, 0.5) is 0 Å². The second-order valence-corrected chi connectivity index (χ2v) is 7.24. The van der Waals surface area contributed by atoms with Crippen LogP contribution in [0.15, 0.2) is 39.3 Å². The highest BCUT2D eigenvalue weighted by Gasteiger charge is 2.17. The molecular formula is C17H18Br2ClN. The monoisotopic (exact) mass is 429 g/mol. The SMILES string of the molecule is CCNC(c1ccc(Cl)c(Br)c1)c1cc(C)c(Br)cc1C. The van der Waals surface area contributed by atoms with Gasteiger partial charge in [-0.2, -0.15) is 0 Å². The first-order valence-electron chi connectivity index (χ1n) is 6.89. The minimum Gasteiger partial charge on any atom is -0.307 e. The van der Waals surface area contributed by atoms with Gasteiger partial charge in [0.05, 0.1) is 11.1 Å². The molecule has 21 heavy (non-hydrogen) atoms. The maximum Gasteiger partial charge on any atom is 0.0579 e. The zero-order valence-corrected chi connectivity index (χ0v) is 16.2. The summed E-state index contributed by atoms with van der Waals surface area (Å²) in [6, 6.07) is 10.7.